The number of hydrogen-bond acceptors (Lipinski definition) is 3. The standard InChI is InChI=1S/C24H31FN2O2/c1-16-10-17(2)20(5)23(11-16)29-15-24(28)27-13-18(3)26(12-19(27)4)14-21-6-8-22(25)9-7-21/h6-11,18-19H,12-15H2,1-5H3. The number of ether oxygens (including phenoxy) is 1. The highest BCUT2D eigenvalue weighted by molar-refractivity contribution is 5.78. The van der Waals surface area contributed by atoms with Crippen LogP contribution in [0.4, 0.5) is 4.39 Å². The first-order valence-electron chi connectivity index (χ1n) is 10.2. The highest BCUT2D eigenvalue weighted by Gasteiger charge is 2.32. The van der Waals surface area contributed by atoms with E-state index in [1.54, 1.807) is 0 Å². The van der Waals surface area contributed by atoms with Gasteiger partial charge in [0.25, 0.3) is 5.91 Å². The third-order valence-electron chi connectivity index (χ3n) is 5.85. The molecular formula is C24H31FN2O2. The fraction of sp³-hybridized carbons (Fsp3) is 0.458. The van der Waals surface area contributed by atoms with Crippen LogP contribution in [-0.2, 0) is 11.3 Å². The van der Waals surface area contributed by atoms with E-state index in [2.05, 4.69) is 31.7 Å². The van der Waals surface area contributed by atoms with E-state index in [1.165, 1.54) is 17.7 Å². The summed E-state index contributed by atoms with van der Waals surface area (Å²) in [5.41, 5.74) is 4.46. The Bertz CT molecular complexity index is 866. The quantitative estimate of drug-likeness (QED) is 0.755. The van der Waals surface area contributed by atoms with Crippen LogP contribution in [0.3, 0.4) is 0 Å². The second-order valence-corrected chi connectivity index (χ2v) is 8.29. The number of piperazine rings is 1. The van der Waals surface area contributed by atoms with Crippen LogP contribution in [0.5, 0.6) is 5.75 Å². The summed E-state index contributed by atoms with van der Waals surface area (Å²) in [5, 5.41) is 0. The van der Waals surface area contributed by atoms with Crippen molar-refractivity contribution in [2.24, 2.45) is 0 Å². The van der Waals surface area contributed by atoms with E-state index in [0.29, 0.717) is 6.54 Å². The van der Waals surface area contributed by atoms with Crippen LogP contribution in [-0.4, -0.2) is 47.5 Å². The number of aryl methyl sites for hydroxylation is 2. The second kappa shape index (κ2) is 8.95. The Kier molecular flexibility index (Phi) is 6.58. The predicted octanol–water partition coefficient (Wildman–Crippen LogP) is 4.25. The third-order valence-corrected chi connectivity index (χ3v) is 5.85. The zero-order valence-corrected chi connectivity index (χ0v) is 18.0. The Hall–Kier alpha value is -2.40. The van der Waals surface area contributed by atoms with E-state index in [9.17, 15) is 9.18 Å². The van der Waals surface area contributed by atoms with Gasteiger partial charge in [0.15, 0.2) is 6.61 Å². The van der Waals surface area contributed by atoms with Gasteiger partial charge in [0, 0.05) is 31.7 Å². The molecule has 1 aliphatic rings. The lowest BCUT2D eigenvalue weighted by molar-refractivity contribution is -0.139. The number of nitrogens with zero attached hydrogens (tertiary/aromatic N) is 2. The first-order valence-corrected chi connectivity index (χ1v) is 10.2. The number of benzene rings is 2. The van der Waals surface area contributed by atoms with Crippen LogP contribution >= 0.6 is 0 Å². The average Bonchev–Trinajstić information content (AvgIpc) is 2.67. The van der Waals surface area contributed by atoms with Gasteiger partial charge in [-0.05, 0) is 75.1 Å². The molecule has 29 heavy (non-hydrogen) atoms. The Labute approximate surface area is 173 Å². The molecular weight excluding hydrogens is 367 g/mol. The van der Waals surface area contributed by atoms with Gasteiger partial charge in [0.05, 0.1) is 0 Å². The Morgan fingerprint density at radius 3 is 2.45 bits per heavy atom. The number of carbonyl (C=O) groups excluding carboxylic acids is 1. The molecule has 3 rings (SSSR count). The van der Waals surface area contributed by atoms with Gasteiger partial charge in [-0.15, -0.1) is 0 Å². The summed E-state index contributed by atoms with van der Waals surface area (Å²) in [7, 11) is 0. The number of amides is 1. The first kappa shape index (κ1) is 21.3. The lowest BCUT2D eigenvalue weighted by Crippen LogP contribution is -2.58. The van der Waals surface area contributed by atoms with Gasteiger partial charge in [0.1, 0.15) is 11.6 Å². The molecule has 2 aromatic rings. The van der Waals surface area contributed by atoms with Crippen LogP contribution in [0.25, 0.3) is 0 Å². The number of rotatable bonds is 5. The second-order valence-electron chi connectivity index (χ2n) is 8.29. The van der Waals surface area contributed by atoms with Crippen molar-refractivity contribution in [3.8, 4) is 5.75 Å². The van der Waals surface area contributed by atoms with Crippen LogP contribution < -0.4 is 4.74 Å². The van der Waals surface area contributed by atoms with E-state index >= 15 is 0 Å². The molecule has 1 aliphatic heterocycles. The molecule has 0 spiro atoms. The van der Waals surface area contributed by atoms with Crippen molar-refractivity contribution in [1.29, 1.82) is 0 Å². The normalized spacial score (nSPS) is 20.0. The highest BCUT2D eigenvalue weighted by Crippen LogP contribution is 2.24. The molecule has 1 amide bonds. The third kappa shape index (κ3) is 5.15. The maximum absolute atomic E-state index is 13.1. The SMILES string of the molecule is Cc1cc(C)c(C)c(OCC(=O)N2CC(C)N(Cc3ccc(F)cc3)CC2C)c1. The molecule has 1 heterocycles. The molecule has 0 saturated carbocycles. The summed E-state index contributed by atoms with van der Waals surface area (Å²) >= 11 is 0. The van der Waals surface area contributed by atoms with Crippen LogP contribution in [0, 0.1) is 26.6 Å². The lowest BCUT2D eigenvalue weighted by atomic mass is 10.1. The van der Waals surface area contributed by atoms with Crippen LogP contribution in [0.2, 0.25) is 0 Å². The summed E-state index contributed by atoms with van der Waals surface area (Å²) < 4.78 is 19.0. The van der Waals surface area contributed by atoms with Crippen molar-refractivity contribution in [2.75, 3.05) is 19.7 Å². The maximum atomic E-state index is 13.1. The van der Waals surface area contributed by atoms with Crippen molar-refractivity contribution in [3.63, 3.8) is 0 Å². The fourth-order valence-corrected chi connectivity index (χ4v) is 3.96. The Morgan fingerprint density at radius 1 is 1.07 bits per heavy atom. The summed E-state index contributed by atoms with van der Waals surface area (Å²) in [6.07, 6.45) is 0. The molecule has 2 aromatic carbocycles. The summed E-state index contributed by atoms with van der Waals surface area (Å²) in [6, 6.07) is 11.1. The van der Waals surface area contributed by atoms with Crippen LogP contribution in [0.1, 0.15) is 36.1 Å². The highest BCUT2D eigenvalue weighted by atomic mass is 19.1. The summed E-state index contributed by atoms with van der Waals surface area (Å²) in [5.74, 6) is 0.584. The topological polar surface area (TPSA) is 32.8 Å². The van der Waals surface area contributed by atoms with Gasteiger partial charge in [-0.3, -0.25) is 9.69 Å². The van der Waals surface area contributed by atoms with Crippen molar-refractivity contribution in [2.45, 2.75) is 53.2 Å². The molecule has 5 heteroatoms. The van der Waals surface area contributed by atoms with Crippen LogP contribution in [0.15, 0.2) is 36.4 Å². The zero-order chi connectivity index (χ0) is 21.1. The lowest BCUT2D eigenvalue weighted by Gasteiger charge is -2.44. The summed E-state index contributed by atoms with van der Waals surface area (Å²) in [4.78, 5) is 17.1. The van der Waals surface area contributed by atoms with Gasteiger partial charge < -0.3 is 9.64 Å². The summed E-state index contributed by atoms with van der Waals surface area (Å²) in [6.45, 7) is 12.6. The molecule has 0 aromatic heterocycles. The van der Waals surface area contributed by atoms with Gasteiger partial charge in [0.2, 0.25) is 0 Å². The molecule has 4 nitrogen and oxygen atoms in total. The maximum Gasteiger partial charge on any atom is 0.260 e. The predicted molar refractivity (Wildman–Crippen MR) is 114 cm³/mol. The van der Waals surface area contributed by atoms with Crippen molar-refractivity contribution < 1.29 is 13.9 Å². The monoisotopic (exact) mass is 398 g/mol. The minimum absolute atomic E-state index is 0.0179. The minimum Gasteiger partial charge on any atom is -0.483 e. The Morgan fingerprint density at radius 2 is 1.76 bits per heavy atom. The molecule has 156 valence electrons. The van der Waals surface area contributed by atoms with Gasteiger partial charge in [-0.25, -0.2) is 4.39 Å². The molecule has 0 radical (unpaired) electrons. The van der Waals surface area contributed by atoms with Gasteiger partial charge in [-0.1, -0.05) is 18.2 Å². The van der Waals surface area contributed by atoms with E-state index in [4.69, 9.17) is 4.74 Å². The number of carbonyl (C=O) groups is 1. The number of hydrogen-bond donors (Lipinski definition) is 0. The molecule has 2 atom stereocenters. The van der Waals surface area contributed by atoms with E-state index in [0.717, 1.165) is 35.5 Å². The van der Waals surface area contributed by atoms with E-state index in [-0.39, 0.29) is 30.4 Å². The van der Waals surface area contributed by atoms with E-state index < -0.39 is 0 Å². The zero-order valence-electron chi connectivity index (χ0n) is 18.0. The van der Waals surface area contributed by atoms with Gasteiger partial charge in [-0.2, -0.15) is 0 Å². The molecule has 2 unspecified atom stereocenters. The molecule has 1 fully saturated rings. The smallest absolute Gasteiger partial charge is 0.260 e. The minimum atomic E-state index is -0.218. The fourth-order valence-electron chi connectivity index (χ4n) is 3.96. The number of halogens is 1. The van der Waals surface area contributed by atoms with E-state index in [1.807, 2.05) is 36.9 Å². The molecule has 0 N–H and O–H groups in total. The first-order chi connectivity index (χ1) is 13.7. The largest absolute Gasteiger partial charge is 0.483 e. The molecule has 1 saturated heterocycles. The Balaban J connectivity index is 1.59. The average molecular weight is 399 g/mol. The van der Waals surface area contributed by atoms with Crippen molar-refractivity contribution in [1.82, 2.24) is 9.80 Å². The molecule has 0 aliphatic carbocycles. The van der Waals surface area contributed by atoms with Gasteiger partial charge >= 0.3 is 0 Å². The van der Waals surface area contributed by atoms with Crippen molar-refractivity contribution >= 4 is 5.91 Å². The molecule has 0 bridgehead atoms. The van der Waals surface area contributed by atoms with Crippen molar-refractivity contribution in [3.05, 3.63) is 64.5 Å².